The zero-order valence-corrected chi connectivity index (χ0v) is 14.2. The van der Waals surface area contributed by atoms with Gasteiger partial charge in [0.2, 0.25) is 0 Å². The lowest BCUT2D eigenvalue weighted by Gasteiger charge is -2.05. The fourth-order valence-corrected chi connectivity index (χ4v) is 2.08. The van der Waals surface area contributed by atoms with Gasteiger partial charge in [-0.25, -0.2) is 5.43 Å². The number of aromatic nitrogens is 2. The van der Waals surface area contributed by atoms with Gasteiger partial charge in [-0.05, 0) is 55.5 Å². The molecule has 1 N–H and O–H groups in total. The zero-order valence-electron chi connectivity index (χ0n) is 14.2. The minimum absolute atomic E-state index is 0.153. The quantitative estimate of drug-likeness (QED) is 0.469. The number of hydrazone groups is 1. The molecular weight excluding hydrogens is 326 g/mol. The van der Waals surface area contributed by atoms with Crippen LogP contribution in [0.5, 0.6) is 5.75 Å². The second-order valence-corrected chi connectivity index (χ2v) is 5.25. The average Bonchev–Trinajstić information content (AvgIpc) is 2.95. The third kappa shape index (κ3) is 4.87. The van der Waals surface area contributed by atoms with E-state index in [-0.39, 0.29) is 12.4 Å². The molecule has 0 aliphatic carbocycles. The van der Waals surface area contributed by atoms with Crippen molar-refractivity contribution in [3.63, 3.8) is 0 Å². The van der Waals surface area contributed by atoms with Gasteiger partial charge in [0.1, 0.15) is 12.3 Å². The van der Waals surface area contributed by atoms with Gasteiger partial charge in [-0.3, -0.25) is 4.79 Å². The van der Waals surface area contributed by atoms with E-state index in [0.29, 0.717) is 18.0 Å². The number of nitro groups is 1. The fourth-order valence-electron chi connectivity index (χ4n) is 2.08. The Hall–Kier alpha value is -3.23. The summed E-state index contributed by atoms with van der Waals surface area (Å²) in [4.78, 5) is 22.0. The lowest BCUT2D eigenvalue weighted by atomic mass is 10.1. The lowest BCUT2D eigenvalue weighted by molar-refractivity contribution is -0.389. The van der Waals surface area contributed by atoms with Crippen LogP contribution in [0.4, 0.5) is 5.82 Å². The van der Waals surface area contributed by atoms with E-state index in [1.807, 2.05) is 31.2 Å². The Morgan fingerprint density at radius 3 is 2.64 bits per heavy atom. The van der Waals surface area contributed by atoms with Crippen molar-refractivity contribution >= 4 is 17.4 Å². The molecule has 25 heavy (non-hydrogen) atoms. The third-order valence-corrected chi connectivity index (χ3v) is 3.38. The minimum atomic E-state index is -0.602. The molecule has 0 atom stereocenters. The molecule has 1 heterocycles. The number of carbonyl (C=O) groups excluding carboxylic acids is 1. The highest BCUT2D eigenvalue weighted by molar-refractivity contribution is 5.99. The summed E-state index contributed by atoms with van der Waals surface area (Å²) < 4.78 is 6.63. The summed E-state index contributed by atoms with van der Waals surface area (Å²) in [5.74, 6) is 0.0459. The molecule has 1 amide bonds. The summed E-state index contributed by atoms with van der Waals surface area (Å²) in [6, 6.07) is 8.65. The van der Waals surface area contributed by atoms with Crippen molar-refractivity contribution in [2.75, 3.05) is 6.61 Å². The predicted molar refractivity (Wildman–Crippen MR) is 91.6 cm³/mol. The molecule has 9 heteroatoms. The van der Waals surface area contributed by atoms with Crippen LogP contribution >= 0.6 is 0 Å². The second-order valence-electron chi connectivity index (χ2n) is 5.25. The minimum Gasteiger partial charge on any atom is -0.494 e. The second kappa shape index (κ2) is 8.04. The van der Waals surface area contributed by atoms with E-state index in [4.69, 9.17) is 4.74 Å². The van der Waals surface area contributed by atoms with Crippen LogP contribution in [-0.4, -0.2) is 32.9 Å². The van der Waals surface area contributed by atoms with Gasteiger partial charge in [0, 0.05) is 0 Å². The van der Waals surface area contributed by atoms with E-state index in [2.05, 4.69) is 15.6 Å². The first-order valence-electron chi connectivity index (χ1n) is 7.66. The van der Waals surface area contributed by atoms with Crippen LogP contribution in [0.15, 0.2) is 35.4 Å². The Morgan fingerprint density at radius 2 is 2.08 bits per heavy atom. The number of carbonyl (C=O) groups is 1. The van der Waals surface area contributed by atoms with Crippen molar-refractivity contribution in [3.8, 4) is 5.75 Å². The highest BCUT2D eigenvalue weighted by atomic mass is 16.6. The zero-order chi connectivity index (χ0) is 18.4. The van der Waals surface area contributed by atoms with Crippen molar-refractivity contribution in [2.45, 2.75) is 27.3 Å². The lowest BCUT2D eigenvalue weighted by Crippen LogP contribution is -2.25. The molecule has 1 aromatic carbocycles. The molecule has 1 aromatic heterocycles. The van der Waals surface area contributed by atoms with Crippen molar-refractivity contribution in [2.24, 2.45) is 5.10 Å². The van der Waals surface area contributed by atoms with Crippen LogP contribution in [0.2, 0.25) is 0 Å². The Morgan fingerprint density at radius 1 is 1.40 bits per heavy atom. The topological polar surface area (TPSA) is 112 Å². The SMILES string of the molecule is CCOc1ccc(/C(C)=N\NC(=O)Cn2nc([N+](=O)[O-])cc2C)cc1. The number of nitrogens with one attached hydrogen (secondary N) is 1. The van der Waals surface area contributed by atoms with Crippen molar-refractivity contribution in [1.29, 1.82) is 0 Å². The van der Waals surface area contributed by atoms with Gasteiger partial charge in [-0.2, -0.15) is 9.78 Å². The summed E-state index contributed by atoms with van der Waals surface area (Å²) in [5.41, 5.74) is 4.41. The first-order valence-corrected chi connectivity index (χ1v) is 7.66. The standard InChI is InChI=1S/C16H19N5O4/c1-4-25-14-7-5-13(6-8-14)12(3)17-18-16(22)10-20-11(2)9-15(19-20)21(23)24/h5-9H,4,10H2,1-3H3,(H,18,22)/b17-12-. The van der Waals surface area contributed by atoms with Crippen molar-refractivity contribution < 1.29 is 14.5 Å². The maximum atomic E-state index is 11.9. The van der Waals surface area contributed by atoms with Gasteiger partial charge < -0.3 is 14.9 Å². The molecular formula is C16H19N5O4. The van der Waals surface area contributed by atoms with Crippen LogP contribution in [0.3, 0.4) is 0 Å². The van der Waals surface area contributed by atoms with Crippen LogP contribution in [-0.2, 0) is 11.3 Å². The first-order chi connectivity index (χ1) is 11.9. The van der Waals surface area contributed by atoms with Gasteiger partial charge in [-0.1, -0.05) is 0 Å². The van der Waals surface area contributed by atoms with Gasteiger partial charge in [0.25, 0.3) is 5.91 Å². The fraction of sp³-hybridized carbons (Fsp3) is 0.312. The highest BCUT2D eigenvalue weighted by Crippen LogP contribution is 2.13. The molecule has 0 aliphatic heterocycles. The number of amides is 1. The Bertz CT molecular complexity index is 795. The van der Waals surface area contributed by atoms with E-state index in [9.17, 15) is 14.9 Å². The Kier molecular flexibility index (Phi) is 5.83. The molecule has 2 rings (SSSR count). The molecule has 0 aliphatic rings. The first kappa shape index (κ1) is 18.1. The molecule has 2 aromatic rings. The van der Waals surface area contributed by atoms with Crippen LogP contribution in [0.25, 0.3) is 0 Å². The number of benzene rings is 1. The van der Waals surface area contributed by atoms with E-state index in [0.717, 1.165) is 11.3 Å². The van der Waals surface area contributed by atoms with Gasteiger partial charge in [0.05, 0.1) is 29.2 Å². The highest BCUT2D eigenvalue weighted by Gasteiger charge is 2.17. The Labute approximate surface area is 144 Å². The number of hydrogen-bond donors (Lipinski definition) is 1. The number of rotatable bonds is 7. The molecule has 0 unspecified atom stereocenters. The maximum Gasteiger partial charge on any atom is 0.390 e. The number of ether oxygens (including phenoxy) is 1. The molecule has 0 spiro atoms. The molecule has 132 valence electrons. The molecule has 9 nitrogen and oxygen atoms in total. The van der Waals surface area contributed by atoms with Gasteiger partial charge in [-0.15, -0.1) is 0 Å². The smallest absolute Gasteiger partial charge is 0.390 e. The third-order valence-electron chi connectivity index (χ3n) is 3.38. The van der Waals surface area contributed by atoms with E-state index in [1.54, 1.807) is 13.8 Å². The number of aryl methyl sites for hydroxylation is 1. The van der Waals surface area contributed by atoms with Crippen molar-refractivity contribution in [3.05, 3.63) is 51.7 Å². The van der Waals surface area contributed by atoms with Crippen LogP contribution in [0, 0.1) is 17.0 Å². The summed E-state index contributed by atoms with van der Waals surface area (Å²) in [7, 11) is 0. The Balaban J connectivity index is 1.98. The van der Waals surface area contributed by atoms with E-state index < -0.39 is 10.8 Å². The maximum absolute atomic E-state index is 11.9. The van der Waals surface area contributed by atoms with Crippen LogP contribution in [0.1, 0.15) is 25.1 Å². The molecule has 0 radical (unpaired) electrons. The summed E-state index contributed by atoms with van der Waals surface area (Å²) in [5, 5.41) is 18.5. The van der Waals surface area contributed by atoms with Gasteiger partial charge >= 0.3 is 5.82 Å². The van der Waals surface area contributed by atoms with Crippen LogP contribution < -0.4 is 10.2 Å². The van der Waals surface area contributed by atoms with Crippen molar-refractivity contribution in [1.82, 2.24) is 15.2 Å². The molecule has 0 bridgehead atoms. The average molecular weight is 345 g/mol. The van der Waals surface area contributed by atoms with E-state index in [1.165, 1.54) is 10.7 Å². The largest absolute Gasteiger partial charge is 0.494 e. The molecule has 0 saturated carbocycles. The normalized spacial score (nSPS) is 11.2. The predicted octanol–water partition coefficient (Wildman–Crippen LogP) is 2.04. The van der Waals surface area contributed by atoms with Gasteiger partial charge in [0.15, 0.2) is 0 Å². The van der Waals surface area contributed by atoms with E-state index >= 15 is 0 Å². The summed E-state index contributed by atoms with van der Waals surface area (Å²) in [6.45, 7) is 5.75. The monoisotopic (exact) mass is 345 g/mol. The molecule has 0 fully saturated rings. The number of hydrogen-bond acceptors (Lipinski definition) is 6. The summed E-state index contributed by atoms with van der Waals surface area (Å²) >= 11 is 0. The summed E-state index contributed by atoms with van der Waals surface area (Å²) in [6.07, 6.45) is 0. The molecule has 0 saturated heterocycles. The number of nitrogens with zero attached hydrogens (tertiary/aromatic N) is 4.